The van der Waals surface area contributed by atoms with Crippen molar-refractivity contribution >= 4 is 43.4 Å². The van der Waals surface area contributed by atoms with Crippen molar-refractivity contribution in [2.24, 2.45) is 17.8 Å². The molecule has 0 N–H and O–H groups in total. The molecule has 0 amide bonds. The van der Waals surface area contributed by atoms with Crippen LogP contribution in [0.1, 0.15) is 253 Å². The lowest BCUT2D eigenvalue weighted by atomic mass is 9.99. The molecule has 450 valence electrons. The molecule has 0 aromatic carbocycles. The molecule has 0 radical (unpaired) electrons. The molecule has 1 rings (SSSR count). The van der Waals surface area contributed by atoms with E-state index in [1.54, 1.807) is 14.2 Å². The zero-order valence-electron chi connectivity index (χ0n) is 50.3. The predicted molar refractivity (Wildman–Crippen MR) is 306 cm³/mol. The van der Waals surface area contributed by atoms with Gasteiger partial charge in [0.15, 0.2) is 0 Å². The lowest BCUT2D eigenvalue weighted by molar-refractivity contribution is -0.148. The zero-order valence-corrected chi connectivity index (χ0v) is 50.3. The summed E-state index contributed by atoms with van der Waals surface area (Å²) in [5.74, 6) is -0.498. The molecule has 0 spiro atoms. The van der Waals surface area contributed by atoms with Crippen molar-refractivity contribution in [3.05, 3.63) is 0 Å². The number of likely N-dealkylation sites (tertiary alicyclic amines) is 1. The molecule has 1 heterocycles. The topological polar surface area (TPSA) is 187 Å². The molecule has 1 fully saturated rings. The van der Waals surface area contributed by atoms with E-state index in [-0.39, 0.29) is 55.1 Å². The summed E-state index contributed by atoms with van der Waals surface area (Å²) >= 11 is 0. The Labute approximate surface area is 464 Å². The number of hydrogen-bond donors (Lipinski definition) is 0. The van der Waals surface area contributed by atoms with Gasteiger partial charge in [0.2, 0.25) is 0 Å². The van der Waals surface area contributed by atoms with Crippen LogP contribution in [0.3, 0.4) is 0 Å². The van der Waals surface area contributed by atoms with Crippen LogP contribution in [0.2, 0.25) is 0 Å². The summed E-state index contributed by atoms with van der Waals surface area (Å²) in [6.45, 7) is 19.5. The number of rotatable bonds is 47. The molecular formula is C61H117NO14. The summed E-state index contributed by atoms with van der Waals surface area (Å²) in [7, 11) is 5.49. The van der Waals surface area contributed by atoms with Crippen LogP contribution in [0.15, 0.2) is 0 Å². The molecule has 15 nitrogen and oxygen atoms in total. The Hall–Kier alpha value is -3.43. The van der Waals surface area contributed by atoms with Crippen molar-refractivity contribution in [3.63, 3.8) is 0 Å². The van der Waals surface area contributed by atoms with Gasteiger partial charge in [-0.25, -0.2) is 0 Å². The second-order valence-electron chi connectivity index (χ2n) is 20.2. The molecule has 1 saturated heterocycles. The Bertz CT molecular complexity index is 1200. The van der Waals surface area contributed by atoms with Gasteiger partial charge in [0.1, 0.15) is 18.7 Å². The maximum atomic E-state index is 11.9. The van der Waals surface area contributed by atoms with Crippen molar-refractivity contribution in [2.75, 3.05) is 74.0 Å². The summed E-state index contributed by atoms with van der Waals surface area (Å²) in [6, 6.07) is 0. The van der Waals surface area contributed by atoms with E-state index in [0.717, 1.165) is 96.5 Å². The molecule has 0 saturated carbocycles. The number of hydrogen-bond acceptors (Lipinski definition) is 15. The van der Waals surface area contributed by atoms with E-state index in [1.807, 2.05) is 13.8 Å². The van der Waals surface area contributed by atoms with Crippen molar-refractivity contribution in [1.82, 2.24) is 4.90 Å². The van der Waals surface area contributed by atoms with Crippen LogP contribution in [-0.2, 0) is 66.7 Å². The van der Waals surface area contributed by atoms with Crippen LogP contribution in [-0.4, -0.2) is 128 Å². The van der Waals surface area contributed by atoms with Crippen LogP contribution in [0.4, 0.5) is 0 Å². The Morgan fingerprint density at radius 1 is 0.447 bits per heavy atom. The van der Waals surface area contributed by atoms with Gasteiger partial charge in [-0.05, 0) is 63.8 Å². The number of methoxy groups -OCH3 is 2. The van der Waals surface area contributed by atoms with E-state index in [2.05, 4.69) is 44.4 Å². The quantitative estimate of drug-likeness (QED) is 0.0242. The minimum Gasteiger partial charge on any atom is -0.468 e. The molecule has 0 aromatic rings. The lowest BCUT2D eigenvalue weighted by Crippen LogP contribution is -2.33. The molecule has 15 heteroatoms. The summed E-state index contributed by atoms with van der Waals surface area (Å²) in [5.41, 5.74) is 0. The van der Waals surface area contributed by atoms with Crippen LogP contribution >= 0.6 is 0 Å². The normalized spacial score (nSPS) is 12.5. The summed E-state index contributed by atoms with van der Waals surface area (Å²) in [4.78, 5) is 78.1. The van der Waals surface area contributed by atoms with Gasteiger partial charge in [0.25, 0.3) is 12.9 Å². The number of ether oxygens (including phenoxy) is 7. The smallest absolute Gasteiger partial charge is 0.306 e. The minimum atomic E-state index is -0.303. The average Bonchev–Trinajstić information content (AvgIpc) is 3.41. The highest BCUT2D eigenvalue weighted by atomic mass is 16.5. The number of carbonyl (C=O) groups is 7. The second kappa shape index (κ2) is 67.7. The molecule has 1 unspecified atom stereocenters. The predicted octanol–water partition coefficient (Wildman–Crippen LogP) is 13.8. The number of piperidine rings is 1. The molecular weight excluding hydrogens is 971 g/mol. The highest BCUT2D eigenvalue weighted by Crippen LogP contribution is 2.17. The van der Waals surface area contributed by atoms with Crippen LogP contribution in [0.25, 0.3) is 0 Å². The Morgan fingerprint density at radius 2 is 0.803 bits per heavy atom. The van der Waals surface area contributed by atoms with Crippen molar-refractivity contribution in [3.8, 4) is 0 Å². The lowest BCUT2D eigenvalue weighted by Gasteiger charge is -2.27. The minimum absolute atomic E-state index is 0.0270. The fourth-order valence-corrected chi connectivity index (χ4v) is 7.91. The maximum absolute atomic E-state index is 11.9. The van der Waals surface area contributed by atoms with Gasteiger partial charge >= 0.3 is 17.9 Å². The van der Waals surface area contributed by atoms with Gasteiger partial charge in [-0.1, -0.05) is 176 Å². The standard InChI is InChI=1S/C23H44O4.C15H26O4.C9H20O.C7H13NO2.C7H14O3/c1-4-7-9-11-13-15-17-26-22(24)19-21(6-3)20-23(25)27-18-16-14-12-10-8-5-2;1-2-3-4-5-6-7-12-19-15(18)13-14(8-10-16)9-11-17;1-3-4-5-6-7-8-9-10-2;1-8-4-2-7(3-5-8)10-6-9;1-3-7(4-9-2)5-10-6-8/h21H,4-20H2,1-3H3;10-11,14H,2-9,12-13H2,1H3;3-9H2,1-2H3;6-7H,2-5H2,1H3;6-7H,3-5H2,1-2H3. The summed E-state index contributed by atoms with van der Waals surface area (Å²) in [5, 5.41) is 0. The second-order valence-corrected chi connectivity index (χ2v) is 20.2. The van der Waals surface area contributed by atoms with E-state index in [9.17, 15) is 33.6 Å². The van der Waals surface area contributed by atoms with Crippen molar-refractivity contribution in [1.29, 1.82) is 0 Å². The molecule has 0 bridgehead atoms. The van der Waals surface area contributed by atoms with Gasteiger partial charge in [0, 0.05) is 71.9 Å². The van der Waals surface area contributed by atoms with Gasteiger partial charge in [0.05, 0.1) is 33.0 Å². The number of unbranched alkanes of at least 4 members (excludes halogenated alkanes) is 20. The van der Waals surface area contributed by atoms with E-state index in [0.29, 0.717) is 64.7 Å². The third-order valence-corrected chi connectivity index (χ3v) is 13.1. The molecule has 1 aliphatic rings. The Balaban J connectivity index is -0.000000457. The van der Waals surface area contributed by atoms with Crippen molar-refractivity contribution in [2.45, 2.75) is 260 Å². The molecule has 1 atom stereocenters. The maximum Gasteiger partial charge on any atom is 0.306 e. The zero-order chi connectivity index (χ0) is 57.4. The first-order chi connectivity index (χ1) is 37.0. The molecule has 1 aliphatic heterocycles. The fraction of sp³-hybridized carbons (Fsp3) is 0.885. The third kappa shape index (κ3) is 64.9. The first-order valence-electron chi connectivity index (χ1n) is 30.1. The highest BCUT2D eigenvalue weighted by Gasteiger charge is 2.19. The SMILES string of the molecule is CCC(COC)COC=O.CCCCCCCCOC.CCCCCCCCOC(=O)CC(CC)CC(=O)OCCCCCCCC.CCCCCCCCOC(=O)CC(CC=O)CC=O.CN1CCC(OC=O)CC1. The van der Waals surface area contributed by atoms with Crippen LogP contribution < -0.4 is 0 Å². The van der Waals surface area contributed by atoms with Gasteiger partial charge in [-0.3, -0.25) is 24.0 Å². The monoisotopic (exact) mass is 1090 g/mol. The number of aldehydes is 2. The van der Waals surface area contributed by atoms with Crippen molar-refractivity contribution < 1.29 is 66.7 Å². The van der Waals surface area contributed by atoms with Gasteiger partial charge < -0.3 is 47.6 Å². The number of esters is 3. The third-order valence-electron chi connectivity index (χ3n) is 13.1. The highest BCUT2D eigenvalue weighted by molar-refractivity contribution is 5.73. The van der Waals surface area contributed by atoms with E-state index in [1.165, 1.54) is 116 Å². The summed E-state index contributed by atoms with van der Waals surface area (Å²) < 4.78 is 35.0. The first kappa shape index (κ1) is 79.1. The molecule has 0 aliphatic carbocycles. The van der Waals surface area contributed by atoms with E-state index in [4.69, 9.17) is 28.4 Å². The van der Waals surface area contributed by atoms with Crippen LogP contribution in [0, 0.1) is 17.8 Å². The largest absolute Gasteiger partial charge is 0.468 e. The first-order valence-corrected chi connectivity index (χ1v) is 30.1. The fourth-order valence-electron chi connectivity index (χ4n) is 7.91. The average molecular weight is 1090 g/mol. The van der Waals surface area contributed by atoms with Crippen LogP contribution in [0.5, 0.6) is 0 Å². The Kier molecular flexibility index (Phi) is 70.4. The van der Waals surface area contributed by atoms with Gasteiger partial charge in [-0.2, -0.15) is 0 Å². The van der Waals surface area contributed by atoms with E-state index >= 15 is 0 Å². The Morgan fingerprint density at radius 3 is 1.12 bits per heavy atom. The molecule has 0 aromatic heterocycles. The number of carbonyl (C=O) groups excluding carboxylic acids is 7. The molecule has 76 heavy (non-hydrogen) atoms. The van der Waals surface area contributed by atoms with E-state index < -0.39 is 0 Å². The number of nitrogens with zero attached hydrogens (tertiary/aromatic N) is 1. The van der Waals surface area contributed by atoms with Gasteiger partial charge in [-0.15, -0.1) is 0 Å². The summed E-state index contributed by atoms with van der Waals surface area (Å²) in [6.07, 6.45) is 35.8.